The molecule has 0 fully saturated rings. The Kier molecular flexibility index (Phi) is 4.96. The van der Waals surface area contributed by atoms with Gasteiger partial charge in [0.2, 0.25) is 5.78 Å². The van der Waals surface area contributed by atoms with E-state index in [1.165, 1.54) is 13.2 Å². The number of carbonyl (C=O) groups excluding carboxylic acids is 1. The number of rotatable bonds is 5. The van der Waals surface area contributed by atoms with E-state index in [4.69, 9.17) is 9.29 Å². The fourth-order valence-electron chi connectivity index (χ4n) is 2.16. The molecule has 26 heavy (non-hydrogen) atoms. The van der Waals surface area contributed by atoms with Gasteiger partial charge < -0.3 is 14.9 Å². The van der Waals surface area contributed by atoms with E-state index < -0.39 is 52.9 Å². The summed E-state index contributed by atoms with van der Waals surface area (Å²) in [5, 5.41) is 19.9. The average Bonchev–Trinajstić information content (AvgIpc) is 2.51. The van der Waals surface area contributed by atoms with Crippen molar-refractivity contribution in [2.45, 2.75) is 9.79 Å². The zero-order chi connectivity index (χ0) is 19.9. The second-order valence-corrected chi connectivity index (χ2v) is 7.70. The SMILES string of the molecule is COc1ccc(C(=O)c2ccc(S(=O)(=O)O)c(S(=O)(=O)O)c2O)c(O)c1. The summed E-state index contributed by atoms with van der Waals surface area (Å²) in [7, 11) is -9.16. The van der Waals surface area contributed by atoms with E-state index >= 15 is 0 Å². The lowest BCUT2D eigenvalue weighted by Gasteiger charge is -2.12. The van der Waals surface area contributed by atoms with Crippen molar-refractivity contribution in [3.8, 4) is 17.2 Å². The maximum atomic E-state index is 12.5. The number of benzene rings is 2. The molecule has 0 amide bonds. The maximum Gasteiger partial charge on any atom is 0.299 e. The number of phenols is 2. The molecule has 0 aliphatic carbocycles. The molecule has 2 aromatic carbocycles. The third kappa shape index (κ3) is 3.62. The van der Waals surface area contributed by atoms with Crippen molar-refractivity contribution in [2.24, 2.45) is 0 Å². The first-order valence-corrected chi connectivity index (χ1v) is 9.48. The number of hydrogen-bond acceptors (Lipinski definition) is 8. The van der Waals surface area contributed by atoms with Crippen LogP contribution < -0.4 is 4.74 Å². The second kappa shape index (κ2) is 6.57. The molecule has 0 unspecified atom stereocenters. The van der Waals surface area contributed by atoms with Gasteiger partial charge in [0.05, 0.1) is 18.2 Å². The first-order chi connectivity index (χ1) is 11.9. The van der Waals surface area contributed by atoms with Crippen molar-refractivity contribution in [1.29, 1.82) is 0 Å². The summed E-state index contributed by atoms with van der Waals surface area (Å²) in [5.41, 5.74) is -1.09. The summed E-state index contributed by atoms with van der Waals surface area (Å²) in [6.45, 7) is 0. The topological polar surface area (TPSA) is 175 Å². The van der Waals surface area contributed by atoms with E-state index in [-0.39, 0.29) is 11.3 Å². The fraction of sp³-hybridized carbons (Fsp3) is 0.0714. The summed E-state index contributed by atoms with van der Waals surface area (Å²) in [5.74, 6) is -2.82. The molecule has 0 spiro atoms. The number of methoxy groups -OCH3 is 1. The minimum Gasteiger partial charge on any atom is -0.507 e. The van der Waals surface area contributed by atoms with Gasteiger partial charge in [0, 0.05) is 6.07 Å². The zero-order valence-electron chi connectivity index (χ0n) is 12.9. The van der Waals surface area contributed by atoms with Gasteiger partial charge in [-0.05, 0) is 24.3 Å². The predicted molar refractivity (Wildman–Crippen MR) is 85.8 cm³/mol. The van der Waals surface area contributed by atoms with Crippen LogP contribution in [0.3, 0.4) is 0 Å². The number of ketones is 1. The molecule has 4 N–H and O–H groups in total. The van der Waals surface area contributed by atoms with Crippen LogP contribution in [-0.4, -0.2) is 49.0 Å². The van der Waals surface area contributed by atoms with Gasteiger partial charge in [-0.25, -0.2) is 0 Å². The van der Waals surface area contributed by atoms with Gasteiger partial charge in [0.1, 0.15) is 22.1 Å². The lowest BCUT2D eigenvalue weighted by molar-refractivity contribution is 0.103. The molecule has 0 heterocycles. The maximum absolute atomic E-state index is 12.5. The Morgan fingerprint density at radius 2 is 1.50 bits per heavy atom. The van der Waals surface area contributed by atoms with Crippen LogP contribution in [0.2, 0.25) is 0 Å². The Hall–Kier alpha value is -2.67. The lowest BCUT2D eigenvalue weighted by Crippen LogP contribution is -2.12. The highest BCUT2D eigenvalue weighted by atomic mass is 32.2. The fourth-order valence-corrected chi connectivity index (χ4v) is 4.04. The summed E-state index contributed by atoms with van der Waals surface area (Å²) in [4.78, 5) is 9.61. The van der Waals surface area contributed by atoms with Gasteiger partial charge in [-0.15, -0.1) is 0 Å². The number of ether oxygens (including phenoxy) is 1. The Balaban J connectivity index is 2.75. The van der Waals surface area contributed by atoms with Crippen molar-refractivity contribution >= 4 is 26.0 Å². The number of aromatic hydroxyl groups is 2. The molecule has 12 heteroatoms. The molecule has 2 aromatic rings. The molecule has 10 nitrogen and oxygen atoms in total. The monoisotopic (exact) mass is 404 g/mol. The van der Waals surface area contributed by atoms with Crippen molar-refractivity contribution in [2.75, 3.05) is 7.11 Å². The first-order valence-electron chi connectivity index (χ1n) is 6.60. The molecule has 0 atom stereocenters. The third-order valence-corrected chi connectivity index (χ3v) is 5.28. The summed E-state index contributed by atoms with van der Waals surface area (Å²) in [6.07, 6.45) is 0. The second-order valence-electron chi connectivity index (χ2n) is 4.95. The highest BCUT2D eigenvalue weighted by Gasteiger charge is 2.31. The zero-order valence-corrected chi connectivity index (χ0v) is 14.6. The van der Waals surface area contributed by atoms with Crippen LogP contribution in [0.1, 0.15) is 15.9 Å². The van der Waals surface area contributed by atoms with Crippen molar-refractivity contribution < 1.29 is 45.7 Å². The minimum absolute atomic E-state index is 0.212. The molecule has 140 valence electrons. The quantitative estimate of drug-likeness (QED) is 0.412. The van der Waals surface area contributed by atoms with Crippen LogP contribution in [0.4, 0.5) is 0 Å². The van der Waals surface area contributed by atoms with Gasteiger partial charge in [-0.2, -0.15) is 16.8 Å². The van der Waals surface area contributed by atoms with E-state index in [0.717, 1.165) is 18.2 Å². The highest BCUT2D eigenvalue weighted by Crippen LogP contribution is 2.35. The van der Waals surface area contributed by atoms with Crippen LogP contribution in [0.15, 0.2) is 40.1 Å². The van der Waals surface area contributed by atoms with Gasteiger partial charge in [-0.1, -0.05) is 0 Å². The standard InChI is InChI=1S/C14H12O10S2/c1-24-7-2-3-8(10(15)6-7)12(16)9-4-5-11(25(18,19)20)14(13(9)17)26(21,22)23/h2-6,15,17H,1H3,(H,18,19,20)(H,21,22,23). The van der Waals surface area contributed by atoms with Gasteiger partial charge in [-0.3, -0.25) is 13.9 Å². The predicted octanol–water partition coefficient (Wildman–Crippen LogP) is 0.831. The van der Waals surface area contributed by atoms with E-state index in [1.807, 2.05) is 0 Å². The van der Waals surface area contributed by atoms with E-state index in [2.05, 4.69) is 0 Å². The minimum atomic E-state index is -5.33. The third-order valence-electron chi connectivity index (χ3n) is 3.33. The number of hydrogen-bond donors (Lipinski definition) is 4. The van der Waals surface area contributed by atoms with E-state index in [9.17, 15) is 36.4 Å². The van der Waals surface area contributed by atoms with Crippen LogP contribution in [0.25, 0.3) is 0 Å². The Morgan fingerprint density at radius 3 is 1.96 bits per heavy atom. The smallest absolute Gasteiger partial charge is 0.299 e. The molecule has 0 bridgehead atoms. The molecular formula is C14H12O10S2. The highest BCUT2D eigenvalue weighted by molar-refractivity contribution is 7.89. The Morgan fingerprint density at radius 1 is 0.923 bits per heavy atom. The van der Waals surface area contributed by atoms with E-state index in [1.54, 1.807) is 0 Å². The molecular weight excluding hydrogens is 392 g/mol. The largest absolute Gasteiger partial charge is 0.507 e. The molecule has 2 rings (SSSR count). The van der Waals surface area contributed by atoms with E-state index in [0.29, 0.717) is 6.07 Å². The van der Waals surface area contributed by atoms with Crippen LogP contribution >= 0.6 is 0 Å². The molecule has 0 saturated carbocycles. The van der Waals surface area contributed by atoms with Crippen molar-refractivity contribution in [3.63, 3.8) is 0 Å². The summed E-state index contributed by atoms with van der Waals surface area (Å²) < 4.78 is 68.4. The van der Waals surface area contributed by atoms with Crippen LogP contribution in [0, 0.1) is 0 Å². The van der Waals surface area contributed by atoms with Crippen molar-refractivity contribution in [1.82, 2.24) is 0 Å². The van der Waals surface area contributed by atoms with Crippen molar-refractivity contribution in [3.05, 3.63) is 41.5 Å². The molecule has 0 saturated heterocycles. The van der Waals surface area contributed by atoms with Gasteiger partial charge in [0.15, 0.2) is 4.90 Å². The first kappa shape index (κ1) is 19.7. The number of phenolic OH excluding ortho intramolecular Hbond substituents is 2. The van der Waals surface area contributed by atoms with Gasteiger partial charge in [0.25, 0.3) is 20.2 Å². The van der Waals surface area contributed by atoms with Crippen LogP contribution in [-0.2, 0) is 20.2 Å². The average molecular weight is 404 g/mol. The summed E-state index contributed by atoms with van der Waals surface area (Å²) in [6, 6.07) is 4.76. The normalized spacial score (nSPS) is 12.0. The molecule has 0 aromatic heterocycles. The summed E-state index contributed by atoms with van der Waals surface area (Å²) >= 11 is 0. The number of carbonyl (C=O) groups is 1. The Bertz CT molecular complexity index is 1100. The molecule has 0 aliphatic rings. The van der Waals surface area contributed by atoms with Gasteiger partial charge >= 0.3 is 0 Å². The lowest BCUT2D eigenvalue weighted by atomic mass is 10.0. The Labute approximate surface area is 147 Å². The molecule has 0 radical (unpaired) electrons. The van der Waals surface area contributed by atoms with Crippen LogP contribution in [0.5, 0.6) is 17.2 Å². The molecule has 0 aliphatic heterocycles.